The Morgan fingerprint density at radius 3 is 2.19 bits per heavy atom. The molecule has 1 atom stereocenters. The first kappa shape index (κ1) is 19.6. The van der Waals surface area contributed by atoms with E-state index in [-0.39, 0.29) is 5.82 Å². The van der Waals surface area contributed by atoms with Gasteiger partial charge in [0.25, 0.3) is 0 Å². The van der Waals surface area contributed by atoms with E-state index in [1.807, 2.05) is 59.5 Å². The lowest BCUT2D eigenvalue weighted by Gasteiger charge is -2.38. The quantitative estimate of drug-likeness (QED) is 0.541. The minimum Gasteiger partial charge on any atom is -0.372 e. The van der Waals surface area contributed by atoms with Crippen molar-refractivity contribution in [3.8, 4) is 11.4 Å². The van der Waals surface area contributed by atoms with Crippen LogP contribution in [0.2, 0.25) is 0 Å². The van der Waals surface area contributed by atoms with Crippen LogP contribution >= 0.6 is 0 Å². The standard InChI is InChI=1S/C25H23FN4O/c26-19-10-12-20(13-11-19)29-14-16-30(17-15-29)25(31)23-21-8-4-5-9-22(21)27-24(28-23)18-6-2-1-3-7-18/h1-13,25,31H,14-17H2. The van der Waals surface area contributed by atoms with Gasteiger partial charge in [0, 0.05) is 42.8 Å². The fraction of sp³-hybridized carbons (Fsp3) is 0.200. The van der Waals surface area contributed by atoms with E-state index in [9.17, 15) is 9.50 Å². The van der Waals surface area contributed by atoms with Crippen molar-refractivity contribution in [1.82, 2.24) is 14.9 Å². The number of piperazine rings is 1. The molecule has 0 spiro atoms. The Hall–Kier alpha value is -3.35. The fourth-order valence-corrected chi connectivity index (χ4v) is 4.06. The summed E-state index contributed by atoms with van der Waals surface area (Å²) in [5.41, 5.74) is 3.35. The third-order valence-electron chi connectivity index (χ3n) is 5.76. The smallest absolute Gasteiger partial charge is 0.160 e. The van der Waals surface area contributed by atoms with Crippen LogP contribution in [-0.4, -0.2) is 46.2 Å². The normalized spacial score (nSPS) is 15.9. The summed E-state index contributed by atoms with van der Waals surface area (Å²) in [6.07, 6.45) is -0.828. The Balaban J connectivity index is 1.42. The highest BCUT2D eigenvalue weighted by Gasteiger charge is 2.26. The van der Waals surface area contributed by atoms with Crippen LogP contribution in [0.3, 0.4) is 0 Å². The minimum atomic E-state index is -0.828. The molecule has 3 aromatic carbocycles. The van der Waals surface area contributed by atoms with Crippen molar-refractivity contribution in [2.45, 2.75) is 6.23 Å². The van der Waals surface area contributed by atoms with E-state index in [0.717, 1.165) is 35.2 Å². The summed E-state index contributed by atoms with van der Waals surface area (Å²) >= 11 is 0. The molecule has 0 amide bonds. The molecule has 4 aromatic rings. The fourth-order valence-electron chi connectivity index (χ4n) is 4.06. The Kier molecular flexibility index (Phi) is 5.32. The topological polar surface area (TPSA) is 52.5 Å². The number of hydrogen-bond acceptors (Lipinski definition) is 5. The molecular weight excluding hydrogens is 391 g/mol. The third-order valence-corrected chi connectivity index (χ3v) is 5.76. The van der Waals surface area contributed by atoms with Crippen LogP contribution < -0.4 is 4.90 Å². The zero-order chi connectivity index (χ0) is 21.2. The SMILES string of the molecule is OC(c1nc(-c2ccccc2)nc2ccccc12)N1CCN(c2ccc(F)cc2)CC1. The van der Waals surface area contributed by atoms with Gasteiger partial charge < -0.3 is 10.0 Å². The molecular formula is C25H23FN4O. The van der Waals surface area contributed by atoms with E-state index in [1.54, 1.807) is 12.1 Å². The van der Waals surface area contributed by atoms with E-state index < -0.39 is 6.23 Å². The molecule has 1 fully saturated rings. The highest BCUT2D eigenvalue weighted by molar-refractivity contribution is 5.83. The maximum Gasteiger partial charge on any atom is 0.160 e. The van der Waals surface area contributed by atoms with Crippen LogP contribution in [-0.2, 0) is 0 Å². The number of benzene rings is 3. The number of hydrogen-bond donors (Lipinski definition) is 1. The van der Waals surface area contributed by atoms with Gasteiger partial charge in [-0.25, -0.2) is 14.4 Å². The molecule has 156 valence electrons. The van der Waals surface area contributed by atoms with Gasteiger partial charge in [0.2, 0.25) is 0 Å². The highest BCUT2D eigenvalue weighted by Crippen LogP contribution is 2.28. The maximum atomic E-state index is 13.2. The number of aliphatic hydroxyl groups excluding tert-OH is 1. The van der Waals surface area contributed by atoms with E-state index in [4.69, 9.17) is 9.97 Å². The average molecular weight is 414 g/mol. The molecule has 1 N–H and O–H groups in total. The van der Waals surface area contributed by atoms with Crippen molar-refractivity contribution in [2.75, 3.05) is 31.1 Å². The molecule has 1 unspecified atom stereocenters. The van der Waals surface area contributed by atoms with Gasteiger partial charge in [-0.3, -0.25) is 4.90 Å². The zero-order valence-electron chi connectivity index (χ0n) is 17.0. The third kappa shape index (κ3) is 4.00. The molecule has 0 radical (unpaired) electrons. The second kappa shape index (κ2) is 8.41. The number of rotatable bonds is 4. The summed E-state index contributed by atoms with van der Waals surface area (Å²) in [4.78, 5) is 13.7. The second-order valence-electron chi connectivity index (χ2n) is 7.69. The Morgan fingerprint density at radius 1 is 0.774 bits per heavy atom. The van der Waals surface area contributed by atoms with Gasteiger partial charge >= 0.3 is 0 Å². The van der Waals surface area contributed by atoms with Gasteiger partial charge in [0.05, 0.1) is 11.2 Å². The molecule has 0 bridgehead atoms. The predicted octanol–water partition coefficient (Wildman–Crippen LogP) is 4.25. The molecule has 1 aliphatic rings. The summed E-state index contributed by atoms with van der Waals surface area (Å²) in [5, 5.41) is 12.1. The first-order chi connectivity index (χ1) is 15.2. The Labute approximate surface area is 180 Å². The van der Waals surface area contributed by atoms with E-state index >= 15 is 0 Å². The van der Waals surface area contributed by atoms with Gasteiger partial charge in [-0.2, -0.15) is 0 Å². The summed E-state index contributed by atoms with van der Waals surface area (Å²) in [6, 6.07) is 24.2. The molecule has 31 heavy (non-hydrogen) atoms. The minimum absolute atomic E-state index is 0.234. The van der Waals surface area contributed by atoms with Crippen LogP contribution in [0.4, 0.5) is 10.1 Å². The Bertz CT molecular complexity index is 1180. The lowest BCUT2D eigenvalue weighted by Crippen LogP contribution is -2.47. The van der Waals surface area contributed by atoms with Crippen LogP contribution in [0.1, 0.15) is 11.9 Å². The van der Waals surface area contributed by atoms with Crippen molar-refractivity contribution in [2.24, 2.45) is 0 Å². The molecule has 1 aliphatic heterocycles. The molecule has 1 saturated heterocycles. The number of fused-ring (bicyclic) bond motifs is 1. The van der Waals surface area contributed by atoms with Gasteiger partial charge in [-0.1, -0.05) is 48.5 Å². The number of anilines is 1. The van der Waals surface area contributed by atoms with Crippen molar-refractivity contribution >= 4 is 16.6 Å². The van der Waals surface area contributed by atoms with Crippen LogP contribution in [0.25, 0.3) is 22.3 Å². The summed E-state index contributed by atoms with van der Waals surface area (Å²) < 4.78 is 13.2. The molecule has 6 heteroatoms. The average Bonchev–Trinajstić information content (AvgIpc) is 2.84. The molecule has 5 rings (SSSR count). The molecule has 0 saturated carbocycles. The monoisotopic (exact) mass is 414 g/mol. The lowest BCUT2D eigenvalue weighted by atomic mass is 10.1. The van der Waals surface area contributed by atoms with Gasteiger partial charge in [0.15, 0.2) is 12.1 Å². The first-order valence-corrected chi connectivity index (χ1v) is 10.4. The largest absolute Gasteiger partial charge is 0.372 e. The van der Waals surface area contributed by atoms with E-state index in [1.165, 1.54) is 12.1 Å². The van der Waals surface area contributed by atoms with Gasteiger partial charge in [-0.05, 0) is 30.3 Å². The summed E-state index contributed by atoms with van der Waals surface area (Å²) in [7, 11) is 0. The zero-order valence-corrected chi connectivity index (χ0v) is 17.0. The molecule has 2 heterocycles. The van der Waals surface area contributed by atoms with Crippen molar-refractivity contribution in [1.29, 1.82) is 0 Å². The van der Waals surface area contributed by atoms with E-state index in [2.05, 4.69) is 4.90 Å². The molecule has 5 nitrogen and oxygen atoms in total. The van der Waals surface area contributed by atoms with Crippen molar-refractivity contribution < 1.29 is 9.50 Å². The molecule has 1 aromatic heterocycles. The van der Waals surface area contributed by atoms with Crippen LogP contribution in [0.15, 0.2) is 78.9 Å². The first-order valence-electron chi connectivity index (χ1n) is 10.4. The summed E-state index contributed by atoms with van der Waals surface area (Å²) in [5.74, 6) is 0.376. The summed E-state index contributed by atoms with van der Waals surface area (Å²) in [6.45, 7) is 2.85. The number of aromatic nitrogens is 2. The number of halogens is 1. The second-order valence-corrected chi connectivity index (χ2v) is 7.69. The van der Waals surface area contributed by atoms with Gasteiger partial charge in [0.1, 0.15) is 5.82 Å². The lowest BCUT2D eigenvalue weighted by molar-refractivity contribution is -0.00357. The van der Waals surface area contributed by atoms with Gasteiger partial charge in [-0.15, -0.1) is 0 Å². The molecule has 0 aliphatic carbocycles. The van der Waals surface area contributed by atoms with Crippen LogP contribution in [0, 0.1) is 5.82 Å². The Morgan fingerprint density at radius 2 is 1.45 bits per heavy atom. The van der Waals surface area contributed by atoms with Crippen molar-refractivity contribution in [3.63, 3.8) is 0 Å². The highest BCUT2D eigenvalue weighted by atomic mass is 19.1. The number of para-hydroxylation sites is 1. The van der Waals surface area contributed by atoms with Crippen molar-refractivity contribution in [3.05, 3.63) is 90.4 Å². The number of aliphatic hydroxyl groups is 1. The van der Waals surface area contributed by atoms with E-state index in [0.29, 0.717) is 24.6 Å². The predicted molar refractivity (Wildman–Crippen MR) is 120 cm³/mol. The van der Waals surface area contributed by atoms with Crippen LogP contribution in [0.5, 0.6) is 0 Å². The maximum absolute atomic E-state index is 13.2. The number of nitrogens with zero attached hydrogens (tertiary/aromatic N) is 4.